The highest BCUT2D eigenvalue weighted by Gasteiger charge is 2.20. The van der Waals surface area contributed by atoms with Crippen molar-refractivity contribution in [3.63, 3.8) is 0 Å². The quantitative estimate of drug-likeness (QED) is 0.543. The molecule has 2 unspecified atom stereocenters. The highest BCUT2D eigenvalue weighted by Crippen LogP contribution is 1.93. The first-order chi connectivity index (χ1) is 5.49. The summed E-state index contributed by atoms with van der Waals surface area (Å²) >= 11 is 0. The van der Waals surface area contributed by atoms with Gasteiger partial charge in [-0.1, -0.05) is 6.92 Å². The van der Waals surface area contributed by atoms with Crippen LogP contribution in [0.1, 0.15) is 20.3 Å². The summed E-state index contributed by atoms with van der Waals surface area (Å²) in [7, 11) is 0. The lowest BCUT2D eigenvalue weighted by atomic mass is 10.2. The highest BCUT2D eigenvalue weighted by molar-refractivity contribution is 5.77. The maximum Gasteiger partial charge on any atom is 0.320 e. The fourth-order valence-corrected chi connectivity index (χ4v) is 0.737. The molecule has 2 atom stereocenters. The standard InChI is InChI=1S/C7H13NO4/c1-3-5(7(11)12)8-4(2)6(9)10/h4-5,8H,3H2,1-2H3,(H,9,10)(H,11,12). The van der Waals surface area contributed by atoms with Gasteiger partial charge in [0.1, 0.15) is 12.1 Å². The topological polar surface area (TPSA) is 86.6 Å². The second kappa shape index (κ2) is 4.71. The lowest BCUT2D eigenvalue weighted by molar-refractivity contribution is -0.142. The zero-order valence-corrected chi connectivity index (χ0v) is 7.07. The van der Waals surface area contributed by atoms with Crippen LogP contribution in [0.15, 0.2) is 0 Å². The van der Waals surface area contributed by atoms with Crippen molar-refractivity contribution in [1.82, 2.24) is 5.32 Å². The Morgan fingerprint density at radius 2 is 1.83 bits per heavy atom. The van der Waals surface area contributed by atoms with E-state index in [9.17, 15) is 9.59 Å². The number of nitrogens with one attached hydrogen (secondary N) is 1. The number of carboxylic acid groups (broad SMARTS) is 2. The summed E-state index contributed by atoms with van der Waals surface area (Å²) in [5, 5.41) is 19.5. The van der Waals surface area contributed by atoms with Crippen molar-refractivity contribution in [3.8, 4) is 0 Å². The normalized spacial score (nSPS) is 15.2. The van der Waals surface area contributed by atoms with E-state index in [1.165, 1.54) is 6.92 Å². The summed E-state index contributed by atoms with van der Waals surface area (Å²) in [4.78, 5) is 20.8. The van der Waals surface area contributed by atoms with Crippen molar-refractivity contribution >= 4 is 11.9 Å². The van der Waals surface area contributed by atoms with Gasteiger partial charge >= 0.3 is 11.9 Å². The van der Waals surface area contributed by atoms with Crippen molar-refractivity contribution in [2.75, 3.05) is 0 Å². The highest BCUT2D eigenvalue weighted by atomic mass is 16.4. The zero-order valence-electron chi connectivity index (χ0n) is 7.07. The smallest absolute Gasteiger partial charge is 0.320 e. The molecule has 0 aliphatic rings. The zero-order chi connectivity index (χ0) is 9.72. The van der Waals surface area contributed by atoms with E-state index in [-0.39, 0.29) is 0 Å². The molecule has 0 aromatic heterocycles. The van der Waals surface area contributed by atoms with E-state index >= 15 is 0 Å². The molecule has 0 fully saturated rings. The Labute approximate surface area is 70.4 Å². The number of carbonyl (C=O) groups is 2. The van der Waals surface area contributed by atoms with Crippen molar-refractivity contribution in [3.05, 3.63) is 0 Å². The van der Waals surface area contributed by atoms with Gasteiger partial charge in [0.15, 0.2) is 0 Å². The predicted octanol–water partition coefficient (Wildman–Crippen LogP) is -0.0877. The summed E-state index contributed by atoms with van der Waals surface area (Å²) in [5.74, 6) is -2.07. The molecule has 0 saturated carbocycles. The molecule has 0 amide bonds. The maximum absolute atomic E-state index is 10.4. The minimum absolute atomic E-state index is 0.368. The molecule has 0 aliphatic carbocycles. The van der Waals surface area contributed by atoms with E-state index in [0.717, 1.165) is 0 Å². The van der Waals surface area contributed by atoms with Crippen molar-refractivity contribution in [2.45, 2.75) is 32.4 Å². The third-order valence-corrected chi connectivity index (χ3v) is 1.53. The number of aliphatic carboxylic acids is 2. The molecule has 0 aromatic carbocycles. The minimum atomic E-state index is -1.05. The van der Waals surface area contributed by atoms with E-state index in [4.69, 9.17) is 10.2 Å². The van der Waals surface area contributed by atoms with Crippen LogP contribution in [0.4, 0.5) is 0 Å². The molecule has 0 aliphatic heterocycles. The van der Waals surface area contributed by atoms with Crippen LogP contribution < -0.4 is 5.32 Å². The van der Waals surface area contributed by atoms with E-state index in [0.29, 0.717) is 6.42 Å². The van der Waals surface area contributed by atoms with E-state index in [1.54, 1.807) is 6.92 Å². The molecular weight excluding hydrogens is 162 g/mol. The van der Waals surface area contributed by atoms with E-state index in [2.05, 4.69) is 5.32 Å². The first kappa shape index (κ1) is 10.9. The molecule has 0 spiro atoms. The molecule has 5 heteroatoms. The van der Waals surface area contributed by atoms with Crippen LogP contribution in [-0.4, -0.2) is 34.2 Å². The SMILES string of the molecule is CCC(NC(C)C(=O)O)C(=O)O. The fraction of sp³-hybridized carbons (Fsp3) is 0.714. The third kappa shape index (κ3) is 3.34. The average molecular weight is 175 g/mol. The summed E-state index contributed by atoms with van der Waals surface area (Å²) < 4.78 is 0. The first-order valence-corrected chi connectivity index (χ1v) is 3.70. The van der Waals surface area contributed by atoms with Crippen molar-refractivity contribution in [2.24, 2.45) is 0 Å². The molecule has 0 aromatic rings. The minimum Gasteiger partial charge on any atom is -0.480 e. The van der Waals surface area contributed by atoms with Crippen LogP contribution in [0.25, 0.3) is 0 Å². The van der Waals surface area contributed by atoms with E-state index < -0.39 is 24.0 Å². The Morgan fingerprint density at radius 1 is 1.33 bits per heavy atom. The van der Waals surface area contributed by atoms with Crippen LogP contribution in [0.5, 0.6) is 0 Å². The van der Waals surface area contributed by atoms with Gasteiger partial charge in [-0.25, -0.2) is 0 Å². The Hall–Kier alpha value is -1.10. The molecule has 5 nitrogen and oxygen atoms in total. The van der Waals surface area contributed by atoms with Crippen LogP contribution >= 0.6 is 0 Å². The summed E-state index contributed by atoms with van der Waals surface area (Å²) in [6.45, 7) is 3.09. The molecular formula is C7H13NO4. The predicted molar refractivity (Wildman–Crippen MR) is 41.9 cm³/mol. The van der Waals surface area contributed by atoms with Crippen LogP contribution in [0.2, 0.25) is 0 Å². The second-order valence-corrected chi connectivity index (χ2v) is 2.53. The molecule has 0 heterocycles. The molecule has 3 N–H and O–H groups in total. The molecule has 12 heavy (non-hydrogen) atoms. The van der Waals surface area contributed by atoms with Gasteiger partial charge in [-0.05, 0) is 13.3 Å². The molecule has 70 valence electrons. The van der Waals surface area contributed by atoms with Crippen molar-refractivity contribution < 1.29 is 19.8 Å². The molecule has 0 rings (SSSR count). The number of rotatable bonds is 5. The van der Waals surface area contributed by atoms with Gasteiger partial charge in [-0.2, -0.15) is 0 Å². The Bertz CT molecular complexity index is 180. The number of hydrogen-bond acceptors (Lipinski definition) is 3. The maximum atomic E-state index is 10.4. The van der Waals surface area contributed by atoms with Gasteiger partial charge in [0, 0.05) is 0 Å². The van der Waals surface area contributed by atoms with Gasteiger partial charge in [-0.3, -0.25) is 14.9 Å². The average Bonchev–Trinajstić information content (AvgIpc) is 1.98. The number of hydrogen-bond donors (Lipinski definition) is 3. The summed E-state index contributed by atoms with van der Waals surface area (Å²) in [6.07, 6.45) is 0.368. The molecule has 0 bridgehead atoms. The lowest BCUT2D eigenvalue weighted by Gasteiger charge is -2.14. The van der Waals surface area contributed by atoms with Gasteiger partial charge in [0.2, 0.25) is 0 Å². The van der Waals surface area contributed by atoms with Gasteiger partial charge in [-0.15, -0.1) is 0 Å². The van der Waals surface area contributed by atoms with Crippen molar-refractivity contribution in [1.29, 1.82) is 0 Å². The van der Waals surface area contributed by atoms with Crippen LogP contribution in [-0.2, 0) is 9.59 Å². The van der Waals surface area contributed by atoms with Gasteiger partial charge in [0.05, 0.1) is 0 Å². The fourth-order valence-electron chi connectivity index (χ4n) is 0.737. The Kier molecular flexibility index (Phi) is 4.28. The van der Waals surface area contributed by atoms with Gasteiger partial charge < -0.3 is 10.2 Å². The number of carboxylic acids is 2. The van der Waals surface area contributed by atoms with Crippen LogP contribution in [0.3, 0.4) is 0 Å². The van der Waals surface area contributed by atoms with E-state index in [1.807, 2.05) is 0 Å². The Balaban J connectivity index is 4.02. The Morgan fingerprint density at radius 3 is 2.08 bits per heavy atom. The summed E-state index contributed by atoms with van der Waals surface area (Å²) in [6, 6.07) is -1.61. The third-order valence-electron chi connectivity index (χ3n) is 1.53. The first-order valence-electron chi connectivity index (χ1n) is 3.70. The molecule has 0 saturated heterocycles. The lowest BCUT2D eigenvalue weighted by Crippen LogP contribution is -2.45. The summed E-state index contributed by atoms with van der Waals surface area (Å²) in [5.41, 5.74) is 0. The monoisotopic (exact) mass is 175 g/mol. The van der Waals surface area contributed by atoms with Crippen LogP contribution in [0, 0.1) is 0 Å². The largest absolute Gasteiger partial charge is 0.480 e. The second-order valence-electron chi connectivity index (χ2n) is 2.53. The van der Waals surface area contributed by atoms with Gasteiger partial charge in [0.25, 0.3) is 0 Å². The molecule has 0 radical (unpaired) electrons.